The highest BCUT2D eigenvalue weighted by Gasteiger charge is 2.10. The van der Waals surface area contributed by atoms with Crippen molar-refractivity contribution in [1.29, 1.82) is 0 Å². The van der Waals surface area contributed by atoms with Crippen LogP contribution < -0.4 is 10.6 Å². The van der Waals surface area contributed by atoms with Gasteiger partial charge in [-0.15, -0.1) is 10.2 Å². The van der Waals surface area contributed by atoms with Gasteiger partial charge >= 0.3 is 6.03 Å². The molecule has 8 nitrogen and oxygen atoms in total. The number of aryl methyl sites for hydroxylation is 1. The molecule has 0 aliphatic heterocycles. The van der Waals surface area contributed by atoms with Gasteiger partial charge < -0.3 is 15.1 Å². The predicted octanol–water partition coefficient (Wildman–Crippen LogP) is 2.70. The number of anilines is 1. The summed E-state index contributed by atoms with van der Waals surface area (Å²) in [5.74, 6) is 0.674. The molecule has 2 aromatic heterocycles. The van der Waals surface area contributed by atoms with Gasteiger partial charge in [-0.3, -0.25) is 4.68 Å². The Balaban J connectivity index is 1.56. The van der Waals surface area contributed by atoms with Crippen LogP contribution in [-0.4, -0.2) is 32.6 Å². The molecule has 3 rings (SSSR count). The van der Waals surface area contributed by atoms with Crippen LogP contribution in [0.2, 0.25) is 0 Å². The van der Waals surface area contributed by atoms with E-state index in [-0.39, 0.29) is 11.9 Å². The number of amides is 2. The third kappa shape index (κ3) is 4.43. The highest BCUT2D eigenvalue weighted by molar-refractivity contribution is 5.90. The number of hydrogen-bond acceptors (Lipinski definition) is 5. The number of nitrogens with one attached hydrogen (secondary N) is 2. The van der Waals surface area contributed by atoms with E-state index in [0.717, 1.165) is 17.7 Å². The average Bonchev–Trinajstić information content (AvgIpc) is 3.28. The van der Waals surface area contributed by atoms with E-state index < -0.39 is 0 Å². The van der Waals surface area contributed by atoms with Crippen LogP contribution in [0.5, 0.6) is 0 Å². The molecule has 0 bridgehead atoms. The smallest absolute Gasteiger partial charge is 0.319 e. The summed E-state index contributed by atoms with van der Waals surface area (Å²) >= 11 is 0. The second kappa shape index (κ2) is 7.61. The van der Waals surface area contributed by atoms with E-state index in [1.165, 1.54) is 6.39 Å². The third-order valence-corrected chi connectivity index (χ3v) is 3.76. The third-order valence-electron chi connectivity index (χ3n) is 3.76. The maximum absolute atomic E-state index is 12.2. The van der Waals surface area contributed by atoms with Crippen LogP contribution in [0.3, 0.4) is 0 Å². The maximum Gasteiger partial charge on any atom is 0.319 e. The monoisotopic (exact) mass is 340 g/mol. The Morgan fingerprint density at radius 3 is 3.00 bits per heavy atom. The van der Waals surface area contributed by atoms with Crippen LogP contribution >= 0.6 is 0 Å². The fourth-order valence-corrected chi connectivity index (χ4v) is 2.41. The summed E-state index contributed by atoms with van der Waals surface area (Å²) in [4.78, 5) is 12.2. The van der Waals surface area contributed by atoms with Crippen molar-refractivity contribution in [2.45, 2.75) is 20.4 Å². The molecular formula is C17H20N6O2. The van der Waals surface area contributed by atoms with Crippen molar-refractivity contribution in [3.05, 3.63) is 48.6 Å². The average molecular weight is 340 g/mol. The lowest BCUT2D eigenvalue weighted by Gasteiger charge is -2.14. The van der Waals surface area contributed by atoms with E-state index in [4.69, 9.17) is 4.42 Å². The molecule has 0 aliphatic rings. The minimum absolute atomic E-state index is 0.252. The van der Waals surface area contributed by atoms with Crippen LogP contribution in [0, 0.1) is 12.8 Å². The minimum Gasteiger partial charge on any atom is -0.423 e. The van der Waals surface area contributed by atoms with Crippen LogP contribution in [0.25, 0.3) is 11.5 Å². The van der Waals surface area contributed by atoms with Gasteiger partial charge in [0.25, 0.3) is 0 Å². The summed E-state index contributed by atoms with van der Waals surface area (Å²) in [5.41, 5.74) is 2.40. The van der Waals surface area contributed by atoms with Gasteiger partial charge in [-0.1, -0.05) is 13.0 Å². The van der Waals surface area contributed by atoms with Gasteiger partial charge in [-0.05, 0) is 36.6 Å². The number of urea groups is 1. The van der Waals surface area contributed by atoms with E-state index in [1.54, 1.807) is 6.20 Å². The van der Waals surface area contributed by atoms with Gasteiger partial charge in [0, 0.05) is 36.7 Å². The van der Waals surface area contributed by atoms with Gasteiger partial charge in [-0.2, -0.15) is 5.10 Å². The summed E-state index contributed by atoms with van der Waals surface area (Å²) in [6.45, 7) is 5.28. The Labute approximate surface area is 145 Å². The number of benzene rings is 1. The Bertz CT molecular complexity index is 814. The summed E-state index contributed by atoms with van der Waals surface area (Å²) in [7, 11) is 0. The molecule has 0 saturated heterocycles. The van der Waals surface area contributed by atoms with Gasteiger partial charge in [0.05, 0.1) is 0 Å². The highest BCUT2D eigenvalue weighted by atomic mass is 16.4. The van der Waals surface area contributed by atoms with Gasteiger partial charge in [0.15, 0.2) is 0 Å². The standard InChI is InChI=1S/C17H20N6O2/c1-12(10-23-7-3-6-20-23)9-18-17(24)21-15-8-14(5-4-13(15)2)16-22-19-11-25-16/h3-8,11-12H,9-10H2,1-2H3,(H2,18,21,24). The van der Waals surface area contributed by atoms with Crippen LogP contribution in [0.4, 0.5) is 10.5 Å². The van der Waals surface area contributed by atoms with Crippen molar-refractivity contribution in [2.75, 3.05) is 11.9 Å². The minimum atomic E-state index is -0.252. The van der Waals surface area contributed by atoms with E-state index in [2.05, 4.69) is 32.9 Å². The fraction of sp³-hybridized carbons (Fsp3) is 0.294. The maximum atomic E-state index is 12.2. The van der Waals surface area contributed by atoms with Crippen LogP contribution in [0.1, 0.15) is 12.5 Å². The molecule has 1 unspecified atom stereocenters. The topological polar surface area (TPSA) is 97.9 Å². The number of rotatable bonds is 6. The molecule has 2 N–H and O–H groups in total. The van der Waals surface area contributed by atoms with Crippen molar-refractivity contribution >= 4 is 11.7 Å². The second-order valence-corrected chi connectivity index (χ2v) is 5.94. The van der Waals surface area contributed by atoms with Gasteiger partial charge in [0.1, 0.15) is 0 Å². The number of aromatic nitrogens is 4. The van der Waals surface area contributed by atoms with Crippen LogP contribution in [-0.2, 0) is 6.54 Å². The molecule has 2 amide bonds. The molecule has 0 radical (unpaired) electrons. The Hall–Kier alpha value is -3.16. The van der Waals surface area contributed by atoms with E-state index in [0.29, 0.717) is 18.1 Å². The molecule has 8 heteroatoms. The molecule has 0 spiro atoms. The highest BCUT2D eigenvalue weighted by Crippen LogP contribution is 2.23. The molecule has 0 aliphatic carbocycles. The molecule has 25 heavy (non-hydrogen) atoms. The summed E-state index contributed by atoms with van der Waals surface area (Å²) in [5, 5.41) is 17.5. The summed E-state index contributed by atoms with van der Waals surface area (Å²) < 4.78 is 7.04. The molecule has 130 valence electrons. The van der Waals surface area contributed by atoms with Gasteiger partial charge in [0.2, 0.25) is 12.3 Å². The first-order chi connectivity index (χ1) is 12.1. The lowest BCUT2D eigenvalue weighted by Crippen LogP contribution is -2.33. The molecule has 3 aromatic rings. The van der Waals surface area contributed by atoms with Crippen molar-refractivity contribution in [3.8, 4) is 11.5 Å². The molecule has 0 saturated carbocycles. The van der Waals surface area contributed by atoms with Crippen molar-refractivity contribution in [3.63, 3.8) is 0 Å². The Morgan fingerprint density at radius 2 is 2.28 bits per heavy atom. The zero-order chi connectivity index (χ0) is 17.6. The Morgan fingerprint density at radius 1 is 1.40 bits per heavy atom. The summed E-state index contributed by atoms with van der Waals surface area (Å²) in [6, 6.07) is 7.22. The normalized spacial score (nSPS) is 11.9. The largest absolute Gasteiger partial charge is 0.423 e. The first-order valence-corrected chi connectivity index (χ1v) is 8.01. The molecular weight excluding hydrogens is 320 g/mol. The molecule has 2 heterocycles. The first kappa shape index (κ1) is 16.7. The van der Waals surface area contributed by atoms with E-state index in [1.807, 2.05) is 42.1 Å². The number of hydrogen-bond donors (Lipinski definition) is 2. The lowest BCUT2D eigenvalue weighted by atomic mass is 10.1. The van der Waals surface area contributed by atoms with Gasteiger partial charge in [-0.25, -0.2) is 4.79 Å². The fourth-order valence-electron chi connectivity index (χ4n) is 2.41. The number of carbonyl (C=O) groups excluding carboxylic acids is 1. The zero-order valence-electron chi connectivity index (χ0n) is 14.1. The van der Waals surface area contributed by atoms with Crippen molar-refractivity contribution in [2.24, 2.45) is 5.92 Å². The van der Waals surface area contributed by atoms with Crippen LogP contribution in [0.15, 0.2) is 47.5 Å². The van der Waals surface area contributed by atoms with E-state index in [9.17, 15) is 4.79 Å². The lowest BCUT2D eigenvalue weighted by molar-refractivity contribution is 0.249. The molecule has 1 atom stereocenters. The SMILES string of the molecule is Cc1ccc(-c2nnco2)cc1NC(=O)NCC(C)Cn1cccn1. The van der Waals surface area contributed by atoms with Crippen molar-refractivity contribution < 1.29 is 9.21 Å². The van der Waals surface area contributed by atoms with E-state index >= 15 is 0 Å². The first-order valence-electron chi connectivity index (χ1n) is 8.01. The number of carbonyl (C=O) groups is 1. The van der Waals surface area contributed by atoms with Crippen molar-refractivity contribution in [1.82, 2.24) is 25.3 Å². The summed E-state index contributed by atoms with van der Waals surface area (Å²) in [6.07, 6.45) is 4.92. The molecule has 0 fully saturated rings. The number of nitrogens with zero attached hydrogens (tertiary/aromatic N) is 4. The second-order valence-electron chi connectivity index (χ2n) is 5.94. The Kier molecular flexibility index (Phi) is 5.08. The molecule has 1 aromatic carbocycles. The zero-order valence-corrected chi connectivity index (χ0v) is 14.1. The predicted molar refractivity (Wildman–Crippen MR) is 92.9 cm³/mol. The quantitative estimate of drug-likeness (QED) is 0.719.